The number of amides is 1. The number of hydrogen-bond acceptors (Lipinski definition) is 3. The summed E-state index contributed by atoms with van der Waals surface area (Å²) in [5, 5.41) is 9.43. The largest absolute Gasteiger partial charge is 0.396 e. The van der Waals surface area contributed by atoms with E-state index in [4.69, 9.17) is 0 Å². The van der Waals surface area contributed by atoms with Crippen LogP contribution in [-0.2, 0) is 4.79 Å². The molecule has 1 saturated carbocycles. The second-order valence-corrected chi connectivity index (χ2v) is 6.63. The summed E-state index contributed by atoms with van der Waals surface area (Å²) in [6, 6.07) is 7.84. The van der Waals surface area contributed by atoms with Gasteiger partial charge < -0.3 is 10.0 Å². The molecule has 0 bridgehead atoms. The minimum absolute atomic E-state index is 0.0471. The lowest BCUT2D eigenvalue weighted by Gasteiger charge is -2.30. The van der Waals surface area contributed by atoms with E-state index in [1.165, 1.54) is 5.56 Å². The molecule has 4 heteroatoms. The minimum Gasteiger partial charge on any atom is -0.396 e. The highest BCUT2D eigenvalue weighted by molar-refractivity contribution is 5.83. The highest BCUT2D eigenvalue weighted by Gasteiger charge is 2.44. The molecule has 2 rings (SSSR count). The molecule has 0 radical (unpaired) electrons. The Morgan fingerprint density at radius 1 is 1.24 bits per heavy atom. The Morgan fingerprint density at radius 2 is 1.81 bits per heavy atom. The molecule has 21 heavy (non-hydrogen) atoms. The number of aliphatic hydroxyl groups is 1. The minimum atomic E-state index is -0.273. The van der Waals surface area contributed by atoms with Crippen LogP contribution in [0.15, 0.2) is 24.3 Å². The highest BCUT2D eigenvalue weighted by atomic mass is 16.3. The summed E-state index contributed by atoms with van der Waals surface area (Å²) >= 11 is 0. The van der Waals surface area contributed by atoms with Crippen LogP contribution in [-0.4, -0.2) is 55.1 Å². The Labute approximate surface area is 127 Å². The number of aliphatic hydroxyl groups excluding tert-OH is 1. The van der Waals surface area contributed by atoms with Crippen LogP contribution in [0, 0.1) is 12.3 Å². The molecule has 0 aromatic heterocycles. The fraction of sp³-hybridized carbons (Fsp3) is 0.588. The number of benzene rings is 1. The lowest BCUT2D eigenvalue weighted by atomic mass is 10.0. The molecule has 1 atom stereocenters. The fourth-order valence-electron chi connectivity index (χ4n) is 2.74. The molecular weight excluding hydrogens is 264 g/mol. The van der Waals surface area contributed by atoms with Crippen LogP contribution in [0.2, 0.25) is 0 Å². The van der Waals surface area contributed by atoms with Crippen LogP contribution >= 0.6 is 0 Å². The Hall–Kier alpha value is -1.39. The van der Waals surface area contributed by atoms with Gasteiger partial charge in [-0.2, -0.15) is 0 Å². The first-order valence-corrected chi connectivity index (χ1v) is 7.47. The van der Waals surface area contributed by atoms with Gasteiger partial charge in [-0.05, 0) is 39.4 Å². The maximum Gasteiger partial charge on any atom is 0.244 e. The summed E-state index contributed by atoms with van der Waals surface area (Å²) in [6.07, 6.45) is 2.02. The van der Waals surface area contributed by atoms with Crippen LogP contribution in [0.25, 0.3) is 0 Å². The van der Waals surface area contributed by atoms with E-state index in [9.17, 15) is 9.90 Å². The van der Waals surface area contributed by atoms with Crippen molar-refractivity contribution in [1.29, 1.82) is 0 Å². The van der Waals surface area contributed by atoms with Gasteiger partial charge in [0.2, 0.25) is 5.91 Å². The van der Waals surface area contributed by atoms with Crippen LogP contribution < -0.4 is 0 Å². The number of nitrogens with zero attached hydrogens (tertiary/aromatic N) is 2. The van der Waals surface area contributed by atoms with Crippen molar-refractivity contribution >= 4 is 5.91 Å². The van der Waals surface area contributed by atoms with Crippen molar-refractivity contribution in [2.24, 2.45) is 5.41 Å². The zero-order chi connectivity index (χ0) is 15.6. The van der Waals surface area contributed by atoms with Gasteiger partial charge in [0, 0.05) is 19.0 Å². The first-order valence-electron chi connectivity index (χ1n) is 7.47. The lowest BCUT2D eigenvalue weighted by Crippen LogP contribution is -2.41. The molecule has 1 N–H and O–H groups in total. The van der Waals surface area contributed by atoms with Crippen LogP contribution in [0.1, 0.15) is 30.0 Å². The zero-order valence-corrected chi connectivity index (χ0v) is 13.5. The quantitative estimate of drug-likeness (QED) is 0.869. The molecule has 0 aliphatic heterocycles. The van der Waals surface area contributed by atoms with E-state index in [0.717, 1.165) is 18.4 Å². The van der Waals surface area contributed by atoms with E-state index < -0.39 is 0 Å². The van der Waals surface area contributed by atoms with E-state index >= 15 is 0 Å². The zero-order valence-electron chi connectivity index (χ0n) is 13.5. The molecule has 116 valence electrons. The van der Waals surface area contributed by atoms with Crippen molar-refractivity contribution in [3.8, 4) is 0 Å². The Kier molecular flexibility index (Phi) is 4.69. The van der Waals surface area contributed by atoms with Gasteiger partial charge in [0.25, 0.3) is 0 Å². The monoisotopic (exact) mass is 290 g/mol. The van der Waals surface area contributed by atoms with Crippen molar-refractivity contribution in [2.45, 2.75) is 25.8 Å². The molecule has 0 heterocycles. The second-order valence-electron chi connectivity index (χ2n) is 6.63. The molecule has 0 spiro atoms. The molecular formula is C17H26N2O2. The highest BCUT2D eigenvalue weighted by Crippen LogP contribution is 2.45. The third kappa shape index (κ3) is 3.63. The van der Waals surface area contributed by atoms with Crippen molar-refractivity contribution in [1.82, 2.24) is 9.80 Å². The Morgan fingerprint density at radius 3 is 2.24 bits per heavy atom. The summed E-state index contributed by atoms with van der Waals surface area (Å²) in [5.41, 5.74) is 2.15. The van der Waals surface area contributed by atoms with Gasteiger partial charge in [-0.1, -0.05) is 29.8 Å². The summed E-state index contributed by atoms with van der Waals surface area (Å²) in [7, 11) is 5.69. The summed E-state index contributed by atoms with van der Waals surface area (Å²) in [4.78, 5) is 16.5. The lowest BCUT2D eigenvalue weighted by molar-refractivity contribution is -0.136. The smallest absolute Gasteiger partial charge is 0.244 e. The molecule has 1 fully saturated rings. The van der Waals surface area contributed by atoms with Gasteiger partial charge in [-0.25, -0.2) is 0 Å². The van der Waals surface area contributed by atoms with Gasteiger partial charge in [0.05, 0.1) is 6.61 Å². The van der Waals surface area contributed by atoms with Gasteiger partial charge in [0.1, 0.15) is 6.04 Å². The van der Waals surface area contributed by atoms with Crippen LogP contribution in [0.4, 0.5) is 0 Å². The molecule has 1 aromatic carbocycles. The summed E-state index contributed by atoms with van der Waals surface area (Å²) < 4.78 is 0. The molecule has 1 aliphatic carbocycles. The van der Waals surface area contributed by atoms with Gasteiger partial charge in [0.15, 0.2) is 0 Å². The number of aryl methyl sites for hydroxylation is 1. The second kappa shape index (κ2) is 6.16. The summed E-state index contributed by atoms with van der Waals surface area (Å²) in [5.74, 6) is 0.0866. The average Bonchev–Trinajstić information content (AvgIpc) is 3.21. The van der Waals surface area contributed by atoms with E-state index in [1.807, 2.05) is 57.2 Å². The van der Waals surface area contributed by atoms with Crippen LogP contribution in [0.3, 0.4) is 0 Å². The van der Waals surface area contributed by atoms with E-state index in [-0.39, 0.29) is 24.0 Å². The maximum atomic E-state index is 12.8. The number of likely N-dealkylation sites (N-methyl/N-ethyl adjacent to an activating group) is 2. The molecule has 4 nitrogen and oxygen atoms in total. The number of rotatable bonds is 6. The Bertz CT molecular complexity index is 492. The van der Waals surface area contributed by atoms with Crippen molar-refractivity contribution in [3.63, 3.8) is 0 Å². The Balaban J connectivity index is 2.14. The molecule has 0 unspecified atom stereocenters. The first kappa shape index (κ1) is 16.0. The predicted octanol–water partition coefficient (Wildman–Crippen LogP) is 1.83. The van der Waals surface area contributed by atoms with Gasteiger partial charge in [-0.3, -0.25) is 9.69 Å². The maximum absolute atomic E-state index is 12.8. The van der Waals surface area contributed by atoms with Crippen molar-refractivity contribution in [3.05, 3.63) is 35.4 Å². The first-order chi connectivity index (χ1) is 9.88. The van der Waals surface area contributed by atoms with Gasteiger partial charge >= 0.3 is 0 Å². The topological polar surface area (TPSA) is 43.8 Å². The van der Waals surface area contributed by atoms with Gasteiger partial charge in [-0.15, -0.1) is 0 Å². The molecule has 1 amide bonds. The van der Waals surface area contributed by atoms with E-state index in [0.29, 0.717) is 6.54 Å². The SMILES string of the molecule is Cc1ccc([C@@H](C(=O)N(C)CC2(CO)CC2)N(C)C)cc1. The molecule has 1 aliphatic rings. The summed E-state index contributed by atoms with van der Waals surface area (Å²) in [6.45, 7) is 2.85. The molecule has 1 aromatic rings. The third-order valence-electron chi connectivity index (χ3n) is 4.38. The number of carbonyl (C=O) groups is 1. The van der Waals surface area contributed by atoms with E-state index in [1.54, 1.807) is 4.90 Å². The van der Waals surface area contributed by atoms with E-state index in [2.05, 4.69) is 0 Å². The predicted molar refractivity (Wildman–Crippen MR) is 84.0 cm³/mol. The standard InChI is InChI=1S/C17H26N2O2/c1-13-5-7-14(8-6-13)15(18(2)3)16(21)19(4)11-17(12-20)9-10-17/h5-8,15,20H,9-12H2,1-4H3/t15-/m0/s1. The third-order valence-corrected chi connectivity index (χ3v) is 4.38. The number of carbonyl (C=O) groups excluding carboxylic acids is 1. The van der Waals surface area contributed by atoms with Crippen molar-refractivity contribution in [2.75, 3.05) is 34.3 Å². The van der Waals surface area contributed by atoms with Crippen molar-refractivity contribution < 1.29 is 9.90 Å². The average molecular weight is 290 g/mol. The molecule has 0 saturated heterocycles. The van der Waals surface area contributed by atoms with Crippen LogP contribution in [0.5, 0.6) is 0 Å². The number of hydrogen-bond donors (Lipinski definition) is 1. The normalized spacial score (nSPS) is 17.6. The fourth-order valence-corrected chi connectivity index (χ4v) is 2.74.